The van der Waals surface area contributed by atoms with E-state index in [9.17, 15) is 4.79 Å². The van der Waals surface area contributed by atoms with Gasteiger partial charge in [-0.15, -0.1) is 0 Å². The Morgan fingerprint density at radius 1 is 1.14 bits per heavy atom. The molecule has 1 saturated heterocycles. The molecule has 7 heteroatoms. The Morgan fingerprint density at radius 2 is 1.82 bits per heavy atom. The molecular formula is C21H26ClN3O3. The first kappa shape index (κ1) is 20.1. The second-order valence-corrected chi connectivity index (χ2v) is 7.20. The van der Waals surface area contributed by atoms with Crippen molar-refractivity contribution in [3.05, 3.63) is 47.0 Å². The van der Waals surface area contributed by atoms with Gasteiger partial charge in [-0.2, -0.15) is 0 Å². The number of methoxy groups -OCH3 is 2. The lowest BCUT2D eigenvalue weighted by molar-refractivity contribution is 0.220. The number of para-hydroxylation sites is 1. The number of hydrogen-bond donors (Lipinski definition) is 1. The Kier molecular flexibility index (Phi) is 6.52. The molecule has 0 bridgehead atoms. The van der Waals surface area contributed by atoms with Gasteiger partial charge >= 0.3 is 6.03 Å². The molecular weight excluding hydrogens is 378 g/mol. The van der Waals surface area contributed by atoms with Crippen molar-refractivity contribution in [1.29, 1.82) is 0 Å². The minimum atomic E-state index is -0.237. The molecule has 2 aromatic carbocycles. The maximum Gasteiger partial charge on any atom is 0.321 e. The number of carbonyl (C=O) groups is 1. The van der Waals surface area contributed by atoms with Gasteiger partial charge < -0.3 is 24.6 Å². The van der Waals surface area contributed by atoms with E-state index in [1.54, 1.807) is 24.1 Å². The summed E-state index contributed by atoms with van der Waals surface area (Å²) in [7, 11) is 4.83. The quantitative estimate of drug-likeness (QED) is 0.764. The number of ether oxygens (including phenoxy) is 2. The average molecular weight is 404 g/mol. The van der Waals surface area contributed by atoms with Crippen molar-refractivity contribution in [3.63, 3.8) is 0 Å². The fourth-order valence-electron chi connectivity index (χ4n) is 3.41. The molecule has 0 spiro atoms. The molecule has 0 aliphatic carbocycles. The van der Waals surface area contributed by atoms with Gasteiger partial charge in [0, 0.05) is 44.5 Å². The molecule has 3 rings (SSSR count). The third kappa shape index (κ3) is 4.44. The lowest BCUT2D eigenvalue weighted by Gasteiger charge is -2.25. The largest absolute Gasteiger partial charge is 0.495 e. The maximum absolute atomic E-state index is 12.8. The predicted octanol–water partition coefficient (Wildman–Crippen LogP) is 4.62. The summed E-state index contributed by atoms with van der Waals surface area (Å²) in [6, 6.07) is 11.3. The van der Waals surface area contributed by atoms with Gasteiger partial charge in [-0.3, -0.25) is 0 Å². The van der Waals surface area contributed by atoms with Crippen LogP contribution < -0.4 is 19.7 Å². The molecule has 1 aliphatic rings. The first-order valence-electron chi connectivity index (χ1n) is 9.30. The zero-order chi connectivity index (χ0) is 20.1. The second-order valence-electron chi connectivity index (χ2n) is 6.80. The molecule has 0 unspecified atom stereocenters. The van der Waals surface area contributed by atoms with Crippen LogP contribution in [0, 0.1) is 0 Å². The second kappa shape index (κ2) is 9.06. The zero-order valence-electron chi connectivity index (χ0n) is 16.5. The molecule has 150 valence electrons. The topological polar surface area (TPSA) is 54.0 Å². The summed E-state index contributed by atoms with van der Waals surface area (Å²) < 4.78 is 10.6. The Labute approximate surface area is 171 Å². The van der Waals surface area contributed by atoms with Crippen molar-refractivity contribution in [2.24, 2.45) is 0 Å². The number of benzene rings is 2. The van der Waals surface area contributed by atoms with Crippen LogP contribution in [0.2, 0.25) is 5.02 Å². The first-order valence-corrected chi connectivity index (χ1v) is 9.67. The molecule has 2 amide bonds. The fraction of sp³-hybridized carbons (Fsp3) is 0.381. The summed E-state index contributed by atoms with van der Waals surface area (Å²) in [6.45, 7) is 2.63. The SMILES string of the molecule is COc1cc(NC(=O)N(C)Cc2ccccc2N2CCCC2)c(OC)cc1Cl. The molecule has 0 atom stereocenters. The molecule has 0 radical (unpaired) electrons. The van der Waals surface area contributed by atoms with Crippen molar-refractivity contribution < 1.29 is 14.3 Å². The van der Waals surface area contributed by atoms with Crippen molar-refractivity contribution in [3.8, 4) is 11.5 Å². The van der Waals surface area contributed by atoms with E-state index < -0.39 is 0 Å². The standard InChI is InChI=1S/C21H26ClN3O3/c1-24(14-15-8-4-5-9-18(15)25-10-6-7-11-25)21(26)23-17-13-19(27-2)16(22)12-20(17)28-3/h4-5,8-9,12-13H,6-7,10-11,14H2,1-3H3,(H,23,26). The molecule has 28 heavy (non-hydrogen) atoms. The molecule has 2 aromatic rings. The van der Waals surface area contributed by atoms with Crippen LogP contribution in [0.4, 0.5) is 16.2 Å². The normalized spacial score (nSPS) is 13.4. The highest BCUT2D eigenvalue weighted by atomic mass is 35.5. The van der Waals surface area contributed by atoms with Gasteiger partial charge in [-0.1, -0.05) is 29.8 Å². The van der Waals surface area contributed by atoms with Crippen molar-refractivity contribution in [2.45, 2.75) is 19.4 Å². The van der Waals surface area contributed by atoms with Gasteiger partial charge in [0.25, 0.3) is 0 Å². The van der Waals surface area contributed by atoms with Crippen LogP contribution >= 0.6 is 11.6 Å². The molecule has 6 nitrogen and oxygen atoms in total. The highest BCUT2D eigenvalue weighted by molar-refractivity contribution is 6.32. The Morgan fingerprint density at radius 3 is 2.50 bits per heavy atom. The monoisotopic (exact) mass is 403 g/mol. The van der Waals surface area contributed by atoms with Crippen LogP contribution in [-0.2, 0) is 6.54 Å². The number of nitrogens with zero attached hydrogens (tertiary/aromatic N) is 2. The average Bonchev–Trinajstić information content (AvgIpc) is 3.23. The summed E-state index contributed by atoms with van der Waals surface area (Å²) in [5, 5.41) is 3.30. The summed E-state index contributed by atoms with van der Waals surface area (Å²) in [6.07, 6.45) is 2.42. The van der Waals surface area contributed by atoms with Crippen LogP contribution in [0.3, 0.4) is 0 Å². The van der Waals surface area contributed by atoms with Crippen LogP contribution in [0.1, 0.15) is 18.4 Å². The van der Waals surface area contributed by atoms with Crippen LogP contribution in [-0.4, -0.2) is 45.3 Å². The molecule has 1 N–H and O–H groups in total. The number of rotatable bonds is 6. The van der Waals surface area contributed by atoms with Gasteiger partial charge in [-0.25, -0.2) is 4.79 Å². The predicted molar refractivity (Wildman–Crippen MR) is 113 cm³/mol. The van der Waals surface area contributed by atoms with E-state index >= 15 is 0 Å². The smallest absolute Gasteiger partial charge is 0.321 e. The van der Waals surface area contributed by atoms with E-state index in [0.29, 0.717) is 28.8 Å². The first-order chi connectivity index (χ1) is 13.5. The van der Waals surface area contributed by atoms with Gasteiger partial charge in [-0.05, 0) is 24.5 Å². The minimum Gasteiger partial charge on any atom is -0.495 e. The van der Waals surface area contributed by atoms with E-state index in [2.05, 4.69) is 22.3 Å². The van der Waals surface area contributed by atoms with E-state index in [4.69, 9.17) is 21.1 Å². The summed E-state index contributed by atoms with van der Waals surface area (Å²) >= 11 is 6.13. The van der Waals surface area contributed by atoms with Gasteiger partial charge in [0.05, 0.1) is 24.9 Å². The number of carbonyl (C=O) groups excluding carboxylic acids is 1. The highest BCUT2D eigenvalue weighted by Crippen LogP contribution is 2.36. The number of halogens is 1. The zero-order valence-corrected chi connectivity index (χ0v) is 17.3. The highest BCUT2D eigenvalue weighted by Gasteiger charge is 2.19. The van der Waals surface area contributed by atoms with Crippen LogP contribution in [0.25, 0.3) is 0 Å². The van der Waals surface area contributed by atoms with Crippen LogP contribution in [0.15, 0.2) is 36.4 Å². The third-order valence-electron chi connectivity index (χ3n) is 4.91. The number of urea groups is 1. The van der Waals surface area contributed by atoms with Crippen LogP contribution in [0.5, 0.6) is 11.5 Å². The minimum absolute atomic E-state index is 0.237. The fourth-order valence-corrected chi connectivity index (χ4v) is 3.64. The Bertz CT molecular complexity index is 838. The maximum atomic E-state index is 12.8. The lowest BCUT2D eigenvalue weighted by Crippen LogP contribution is -2.32. The number of amides is 2. The van der Waals surface area contributed by atoms with E-state index in [1.165, 1.54) is 32.7 Å². The summed E-state index contributed by atoms with van der Waals surface area (Å²) in [5.41, 5.74) is 2.83. The lowest BCUT2D eigenvalue weighted by atomic mass is 10.1. The number of hydrogen-bond acceptors (Lipinski definition) is 4. The van der Waals surface area contributed by atoms with E-state index in [-0.39, 0.29) is 6.03 Å². The third-order valence-corrected chi connectivity index (χ3v) is 5.20. The van der Waals surface area contributed by atoms with Gasteiger partial charge in [0.15, 0.2) is 0 Å². The molecule has 0 aromatic heterocycles. The van der Waals surface area contributed by atoms with Crippen molar-refractivity contribution in [2.75, 3.05) is 44.6 Å². The molecule has 1 fully saturated rings. The molecule has 1 aliphatic heterocycles. The number of nitrogens with one attached hydrogen (secondary N) is 1. The Balaban J connectivity index is 1.74. The summed E-state index contributed by atoms with van der Waals surface area (Å²) in [5.74, 6) is 0.949. The molecule has 0 saturated carbocycles. The van der Waals surface area contributed by atoms with E-state index in [0.717, 1.165) is 18.7 Å². The van der Waals surface area contributed by atoms with Gasteiger partial charge in [0.2, 0.25) is 0 Å². The van der Waals surface area contributed by atoms with E-state index in [1.807, 2.05) is 12.1 Å². The van der Waals surface area contributed by atoms with Crippen molar-refractivity contribution in [1.82, 2.24) is 4.90 Å². The van der Waals surface area contributed by atoms with Crippen molar-refractivity contribution >= 4 is 29.0 Å². The molecule has 1 heterocycles. The number of anilines is 2. The Hall–Kier alpha value is -2.60. The van der Waals surface area contributed by atoms with Gasteiger partial charge in [0.1, 0.15) is 11.5 Å². The summed E-state index contributed by atoms with van der Waals surface area (Å²) in [4.78, 5) is 16.8.